The number of aromatic nitrogens is 4. The number of nitrogens with zero attached hydrogens (tertiary/aromatic N) is 5. The van der Waals surface area contributed by atoms with Crippen molar-refractivity contribution in [1.82, 2.24) is 20.1 Å². The highest BCUT2D eigenvalue weighted by Crippen LogP contribution is 2.33. The number of nitrogens with one attached hydrogen (secondary N) is 2. The molecule has 0 unspecified atom stereocenters. The molecule has 8 nitrogen and oxygen atoms in total. The van der Waals surface area contributed by atoms with Crippen molar-refractivity contribution in [3.63, 3.8) is 0 Å². The minimum atomic E-state index is -0.533. The van der Waals surface area contributed by atoms with Gasteiger partial charge < -0.3 is 15.2 Å². The van der Waals surface area contributed by atoms with E-state index in [0.29, 0.717) is 22.2 Å². The maximum absolute atomic E-state index is 9.29. The molecule has 3 aromatic heterocycles. The van der Waals surface area contributed by atoms with Gasteiger partial charge in [-0.1, -0.05) is 28.6 Å². The highest BCUT2D eigenvalue weighted by molar-refractivity contribution is 7.21. The van der Waals surface area contributed by atoms with Gasteiger partial charge in [-0.3, -0.25) is 0 Å². The molecule has 29 heavy (non-hydrogen) atoms. The van der Waals surface area contributed by atoms with Crippen LogP contribution in [0.25, 0.3) is 10.3 Å². The van der Waals surface area contributed by atoms with Gasteiger partial charge >= 0.3 is 0 Å². The largest absolute Gasteiger partial charge is 0.359 e. The van der Waals surface area contributed by atoms with Crippen LogP contribution in [0, 0.1) is 25.2 Å². The first-order chi connectivity index (χ1) is 13.9. The van der Waals surface area contributed by atoms with Crippen molar-refractivity contribution in [3.05, 3.63) is 47.6 Å². The fourth-order valence-corrected chi connectivity index (χ4v) is 3.65. The van der Waals surface area contributed by atoms with Crippen molar-refractivity contribution in [2.24, 2.45) is 0 Å². The summed E-state index contributed by atoms with van der Waals surface area (Å²) >= 11 is 1.43. The molecular formula is C20H19N7OS. The van der Waals surface area contributed by atoms with Gasteiger partial charge in [-0.15, -0.1) is 0 Å². The lowest BCUT2D eigenvalue weighted by Crippen LogP contribution is -2.13. The molecule has 0 aliphatic carbocycles. The Hall–Kier alpha value is -3.51. The van der Waals surface area contributed by atoms with Crippen molar-refractivity contribution < 1.29 is 4.52 Å². The van der Waals surface area contributed by atoms with Gasteiger partial charge in [0.15, 0.2) is 21.5 Å². The summed E-state index contributed by atoms with van der Waals surface area (Å²) in [7, 11) is 0. The van der Waals surface area contributed by atoms with E-state index in [4.69, 9.17) is 4.52 Å². The van der Waals surface area contributed by atoms with E-state index in [1.54, 1.807) is 0 Å². The van der Waals surface area contributed by atoms with Crippen LogP contribution in [-0.4, -0.2) is 20.1 Å². The lowest BCUT2D eigenvalue weighted by Gasteiger charge is -2.16. The summed E-state index contributed by atoms with van der Waals surface area (Å²) in [6.45, 7) is 7.51. The standard InChI is InChI=1S/C20H19N7OS/c1-11-15(12(2)28-27-11)25-19-26-16-17(22-10-23-18(16)29-19)24-14-7-5-13(6-8-14)20(3,4)9-21/h5-8,10H,1-4H3,(H,25,26)(H,22,23,24). The van der Waals surface area contributed by atoms with Crippen LogP contribution in [0.4, 0.5) is 22.3 Å². The third-order valence-electron chi connectivity index (χ3n) is 4.61. The third kappa shape index (κ3) is 3.62. The summed E-state index contributed by atoms with van der Waals surface area (Å²) in [4.78, 5) is 14.1. The van der Waals surface area contributed by atoms with Gasteiger partial charge in [-0.05, 0) is 45.4 Å². The van der Waals surface area contributed by atoms with Gasteiger partial charge in [0.25, 0.3) is 0 Å². The van der Waals surface area contributed by atoms with Gasteiger partial charge in [0, 0.05) is 5.69 Å². The first kappa shape index (κ1) is 18.8. The average molecular weight is 405 g/mol. The van der Waals surface area contributed by atoms with E-state index in [9.17, 15) is 5.26 Å². The SMILES string of the molecule is Cc1noc(C)c1Nc1nc2c(Nc3ccc(C(C)(C)C#N)cc3)ncnc2s1. The molecule has 146 valence electrons. The normalized spacial score (nSPS) is 11.4. The Kier molecular flexibility index (Phi) is 4.64. The van der Waals surface area contributed by atoms with Crippen molar-refractivity contribution >= 4 is 44.0 Å². The number of fused-ring (bicyclic) bond motifs is 1. The summed E-state index contributed by atoms with van der Waals surface area (Å²) in [6.07, 6.45) is 1.51. The summed E-state index contributed by atoms with van der Waals surface area (Å²) in [5.41, 5.74) is 3.53. The molecule has 9 heteroatoms. The first-order valence-electron chi connectivity index (χ1n) is 8.97. The zero-order chi connectivity index (χ0) is 20.6. The number of benzene rings is 1. The van der Waals surface area contributed by atoms with E-state index in [2.05, 4.69) is 36.8 Å². The van der Waals surface area contributed by atoms with Gasteiger partial charge in [-0.2, -0.15) is 5.26 Å². The van der Waals surface area contributed by atoms with Crippen molar-refractivity contribution in [2.45, 2.75) is 33.1 Å². The van der Waals surface area contributed by atoms with Crippen LogP contribution in [0.1, 0.15) is 30.9 Å². The highest BCUT2D eigenvalue weighted by atomic mass is 32.1. The van der Waals surface area contributed by atoms with E-state index in [1.165, 1.54) is 17.7 Å². The van der Waals surface area contributed by atoms with E-state index < -0.39 is 5.41 Å². The van der Waals surface area contributed by atoms with Crippen molar-refractivity contribution in [3.8, 4) is 6.07 Å². The molecule has 4 rings (SSSR count). The van der Waals surface area contributed by atoms with Gasteiger partial charge in [0.1, 0.15) is 23.2 Å². The monoisotopic (exact) mass is 405 g/mol. The van der Waals surface area contributed by atoms with Crippen LogP contribution >= 0.6 is 11.3 Å². The van der Waals surface area contributed by atoms with Crippen LogP contribution in [-0.2, 0) is 5.41 Å². The fourth-order valence-electron chi connectivity index (χ4n) is 2.84. The molecule has 0 saturated heterocycles. The zero-order valence-electron chi connectivity index (χ0n) is 16.4. The second-order valence-electron chi connectivity index (χ2n) is 7.16. The summed E-state index contributed by atoms with van der Waals surface area (Å²) < 4.78 is 5.19. The Morgan fingerprint density at radius 3 is 2.52 bits per heavy atom. The van der Waals surface area contributed by atoms with Gasteiger partial charge in [-0.25, -0.2) is 15.0 Å². The van der Waals surface area contributed by atoms with Crippen molar-refractivity contribution in [1.29, 1.82) is 5.26 Å². The van der Waals surface area contributed by atoms with Gasteiger partial charge in [0.05, 0.1) is 11.5 Å². The summed E-state index contributed by atoms with van der Waals surface area (Å²) in [5.74, 6) is 1.32. The molecule has 1 aromatic carbocycles. The molecule has 2 N–H and O–H groups in total. The lowest BCUT2D eigenvalue weighted by molar-refractivity contribution is 0.393. The Balaban J connectivity index is 1.62. The van der Waals surface area contributed by atoms with Crippen LogP contribution < -0.4 is 10.6 Å². The number of anilines is 4. The van der Waals surface area contributed by atoms with Crippen LogP contribution in [0.5, 0.6) is 0 Å². The van der Waals surface area contributed by atoms with Crippen molar-refractivity contribution in [2.75, 3.05) is 10.6 Å². The maximum atomic E-state index is 9.29. The van der Waals surface area contributed by atoms with E-state index in [0.717, 1.165) is 27.5 Å². The number of hydrogen-bond acceptors (Lipinski definition) is 9. The topological polar surface area (TPSA) is 113 Å². The molecule has 0 fully saturated rings. The Morgan fingerprint density at radius 1 is 1.10 bits per heavy atom. The highest BCUT2D eigenvalue weighted by Gasteiger charge is 2.19. The van der Waals surface area contributed by atoms with Crippen LogP contribution in [0.15, 0.2) is 35.1 Å². The predicted molar refractivity (Wildman–Crippen MR) is 113 cm³/mol. The van der Waals surface area contributed by atoms with E-state index >= 15 is 0 Å². The number of hydrogen-bond donors (Lipinski definition) is 2. The smallest absolute Gasteiger partial charge is 0.190 e. The van der Waals surface area contributed by atoms with E-state index in [-0.39, 0.29) is 0 Å². The minimum absolute atomic E-state index is 0.533. The molecule has 0 aliphatic rings. The zero-order valence-corrected chi connectivity index (χ0v) is 17.3. The number of nitriles is 1. The Morgan fingerprint density at radius 2 is 1.86 bits per heavy atom. The number of thiazole rings is 1. The third-order valence-corrected chi connectivity index (χ3v) is 5.49. The Labute approximate surface area is 171 Å². The summed E-state index contributed by atoms with van der Waals surface area (Å²) in [5, 5.41) is 20.5. The van der Waals surface area contributed by atoms with Crippen LogP contribution in [0.3, 0.4) is 0 Å². The second kappa shape index (κ2) is 7.14. The predicted octanol–water partition coefficient (Wildman–Crippen LogP) is 4.98. The molecule has 0 spiro atoms. The molecule has 4 aromatic rings. The van der Waals surface area contributed by atoms with E-state index in [1.807, 2.05) is 52.0 Å². The minimum Gasteiger partial charge on any atom is -0.359 e. The van der Waals surface area contributed by atoms with Crippen LogP contribution in [0.2, 0.25) is 0 Å². The molecule has 0 amide bonds. The quantitative estimate of drug-likeness (QED) is 0.478. The number of aryl methyl sites for hydroxylation is 2. The maximum Gasteiger partial charge on any atom is 0.190 e. The van der Waals surface area contributed by atoms with Gasteiger partial charge in [0.2, 0.25) is 0 Å². The Bertz CT molecular complexity index is 1200. The number of rotatable bonds is 5. The molecule has 3 heterocycles. The lowest BCUT2D eigenvalue weighted by atomic mass is 9.86. The first-order valence-corrected chi connectivity index (χ1v) is 9.79. The molecular weight excluding hydrogens is 386 g/mol. The molecule has 0 aliphatic heterocycles. The molecule has 0 bridgehead atoms. The average Bonchev–Trinajstić information content (AvgIpc) is 3.27. The summed E-state index contributed by atoms with van der Waals surface area (Å²) in [6, 6.07) is 10.0. The second-order valence-corrected chi connectivity index (χ2v) is 8.14. The molecule has 0 radical (unpaired) electrons. The molecule has 0 saturated carbocycles. The molecule has 0 atom stereocenters. The fraction of sp³-hybridized carbons (Fsp3) is 0.250.